The van der Waals surface area contributed by atoms with E-state index < -0.39 is 5.60 Å². The summed E-state index contributed by atoms with van der Waals surface area (Å²) in [6.45, 7) is 12.0. The molecule has 0 saturated carbocycles. The van der Waals surface area contributed by atoms with Crippen molar-refractivity contribution in [3.63, 3.8) is 0 Å². The van der Waals surface area contributed by atoms with Gasteiger partial charge in [-0.1, -0.05) is 19.1 Å². The van der Waals surface area contributed by atoms with Crippen LogP contribution >= 0.6 is 0 Å². The second-order valence-electron chi connectivity index (χ2n) is 8.41. The topological polar surface area (TPSA) is 54.6 Å². The van der Waals surface area contributed by atoms with Crippen molar-refractivity contribution >= 4 is 17.0 Å². The fourth-order valence-electron chi connectivity index (χ4n) is 3.85. The number of H-pyrrole nitrogens is 1. The molecule has 1 saturated heterocycles. The molecule has 1 N–H and O–H groups in total. The molecule has 1 aliphatic rings. The quantitative estimate of drug-likeness (QED) is 0.826. The Bertz CT molecular complexity index is 798. The molecule has 27 heavy (non-hydrogen) atoms. The van der Waals surface area contributed by atoms with Gasteiger partial charge in [0.1, 0.15) is 5.60 Å². The van der Waals surface area contributed by atoms with Crippen LogP contribution in [0.3, 0.4) is 0 Å². The molecule has 0 radical (unpaired) electrons. The Balaban J connectivity index is 1.86. The van der Waals surface area contributed by atoms with Gasteiger partial charge in [0, 0.05) is 42.4 Å². The Morgan fingerprint density at radius 2 is 2.00 bits per heavy atom. The van der Waals surface area contributed by atoms with Crippen LogP contribution in [0.4, 0.5) is 4.79 Å². The maximum atomic E-state index is 12.9. The molecule has 0 spiro atoms. The molecule has 0 unspecified atom stereocenters. The Morgan fingerprint density at radius 3 is 2.63 bits per heavy atom. The van der Waals surface area contributed by atoms with Gasteiger partial charge in [0.25, 0.3) is 0 Å². The van der Waals surface area contributed by atoms with E-state index in [9.17, 15) is 4.79 Å². The van der Waals surface area contributed by atoms with Gasteiger partial charge in [-0.15, -0.1) is 0 Å². The van der Waals surface area contributed by atoms with Crippen LogP contribution < -0.4 is 0 Å². The molecular weight excluding hydrogens is 340 g/mol. The van der Waals surface area contributed by atoms with Gasteiger partial charge in [-0.25, -0.2) is 4.79 Å². The highest BCUT2D eigenvalue weighted by molar-refractivity contribution is 5.85. The number of nitrogens with one attached hydrogen (secondary N) is 1. The molecule has 5 nitrogen and oxygen atoms in total. The smallest absolute Gasteiger partial charge is 0.410 e. The van der Waals surface area contributed by atoms with Crippen LogP contribution in [-0.2, 0) is 22.4 Å². The molecule has 5 heteroatoms. The van der Waals surface area contributed by atoms with Gasteiger partial charge >= 0.3 is 6.09 Å². The third-order valence-corrected chi connectivity index (χ3v) is 5.15. The second-order valence-corrected chi connectivity index (χ2v) is 8.41. The molecule has 1 aromatic heterocycles. The third kappa shape index (κ3) is 4.64. The lowest BCUT2D eigenvalue weighted by atomic mass is 10.0. The summed E-state index contributed by atoms with van der Waals surface area (Å²) < 4.78 is 11.2. The van der Waals surface area contributed by atoms with Gasteiger partial charge in [-0.3, -0.25) is 0 Å². The number of carbonyl (C=O) groups excluding carboxylic acids is 1. The minimum Gasteiger partial charge on any atom is -0.444 e. The fourth-order valence-corrected chi connectivity index (χ4v) is 3.85. The van der Waals surface area contributed by atoms with E-state index in [2.05, 4.69) is 37.0 Å². The van der Waals surface area contributed by atoms with Crippen LogP contribution in [0.1, 0.15) is 57.4 Å². The lowest BCUT2D eigenvalue weighted by Crippen LogP contribution is -2.45. The van der Waals surface area contributed by atoms with Crippen LogP contribution in [0.15, 0.2) is 18.2 Å². The Morgan fingerprint density at radius 1 is 1.30 bits per heavy atom. The van der Waals surface area contributed by atoms with Crippen molar-refractivity contribution in [3.8, 4) is 0 Å². The van der Waals surface area contributed by atoms with Gasteiger partial charge in [0.2, 0.25) is 0 Å². The average Bonchev–Trinajstić information content (AvgIpc) is 2.93. The Labute approximate surface area is 162 Å². The molecular formula is C22H32N2O3. The highest BCUT2D eigenvalue weighted by Gasteiger charge is 2.30. The number of aromatic nitrogens is 1. The van der Waals surface area contributed by atoms with Crippen molar-refractivity contribution in [3.05, 3.63) is 35.0 Å². The van der Waals surface area contributed by atoms with E-state index >= 15 is 0 Å². The van der Waals surface area contributed by atoms with Crippen LogP contribution in [0.2, 0.25) is 0 Å². The molecule has 1 aromatic carbocycles. The second kappa shape index (κ2) is 7.93. The minimum absolute atomic E-state index is 0.154. The summed E-state index contributed by atoms with van der Waals surface area (Å²) in [4.78, 5) is 18.3. The number of hydrogen-bond acceptors (Lipinski definition) is 3. The number of rotatable bonds is 4. The predicted octanol–water partition coefficient (Wildman–Crippen LogP) is 4.95. The number of fused-ring (bicyclic) bond motifs is 1. The van der Waals surface area contributed by atoms with Gasteiger partial charge in [-0.2, -0.15) is 0 Å². The lowest BCUT2D eigenvalue weighted by molar-refractivity contribution is -0.00807. The van der Waals surface area contributed by atoms with Gasteiger partial charge in [0.05, 0.1) is 0 Å². The zero-order chi connectivity index (χ0) is 19.6. The van der Waals surface area contributed by atoms with E-state index in [4.69, 9.17) is 9.47 Å². The number of aryl methyl sites for hydroxylation is 2. The van der Waals surface area contributed by atoms with Crippen molar-refractivity contribution in [1.82, 2.24) is 9.88 Å². The van der Waals surface area contributed by atoms with E-state index in [1.807, 2.05) is 25.7 Å². The van der Waals surface area contributed by atoms with Gasteiger partial charge in [-0.05, 0) is 64.2 Å². The molecule has 0 atom stereocenters. The summed E-state index contributed by atoms with van der Waals surface area (Å²) in [6, 6.07) is 6.62. The SMILES string of the molecule is CCc1c(C)[nH]c2cc(CN(C(=O)OC(C)(C)C)C3CCOCC3)ccc12. The molecule has 1 amide bonds. The Kier molecular flexibility index (Phi) is 5.80. The van der Waals surface area contributed by atoms with Crippen LogP contribution in [0.25, 0.3) is 10.9 Å². The normalized spacial score (nSPS) is 15.9. The van der Waals surface area contributed by atoms with Crippen LogP contribution in [0.5, 0.6) is 0 Å². The summed E-state index contributed by atoms with van der Waals surface area (Å²) in [7, 11) is 0. The predicted molar refractivity (Wildman–Crippen MR) is 108 cm³/mol. The Hall–Kier alpha value is -2.01. The van der Waals surface area contributed by atoms with E-state index in [0.717, 1.165) is 30.3 Å². The number of benzene rings is 1. The first-order valence-electron chi connectivity index (χ1n) is 9.96. The number of amides is 1. The third-order valence-electron chi connectivity index (χ3n) is 5.15. The number of nitrogens with zero attached hydrogens (tertiary/aromatic N) is 1. The van der Waals surface area contributed by atoms with Crippen molar-refractivity contribution in [2.24, 2.45) is 0 Å². The zero-order valence-electron chi connectivity index (χ0n) is 17.2. The summed E-state index contributed by atoms with van der Waals surface area (Å²) in [5, 5.41) is 1.27. The number of aromatic amines is 1. The van der Waals surface area contributed by atoms with E-state index in [1.165, 1.54) is 16.6 Å². The number of hydrogen-bond donors (Lipinski definition) is 1. The molecule has 2 heterocycles. The van der Waals surface area contributed by atoms with Crippen molar-refractivity contribution in [2.45, 2.75) is 72.1 Å². The lowest BCUT2D eigenvalue weighted by Gasteiger charge is -2.35. The maximum Gasteiger partial charge on any atom is 0.410 e. The van der Waals surface area contributed by atoms with Crippen molar-refractivity contribution in [1.29, 1.82) is 0 Å². The minimum atomic E-state index is -0.503. The largest absolute Gasteiger partial charge is 0.444 e. The monoisotopic (exact) mass is 372 g/mol. The van der Waals surface area contributed by atoms with E-state index in [0.29, 0.717) is 19.8 Å². The fraction of sp³-hybridized carbons (Fsp3) is 0.591. The molecule has 148 valence electrons. The molecule has 2 aromatic rings. The first kappa shape index (κ1) is 19.7. The van der Waals surface area contributed by atoms with Crippen molar-refractivity contribution in [2.75, 3.05) is 13.2 Å². The molecule has 3 rings (SSSR count). The first-order chi connectivity index (χ1) is 12.8. The van der Waals surface area contributed by atoms with E-state index in [-0.39, 0.29) is 12.1 Å². The number of carbonyl (C=O) groups is 1. The summed E-state index contributed by atoms with van der Waals surface area (Å²) >= 11 is 0. The molecule has 0 aliphatic carbocycles. The first-order valence-corrected chi connectivity index (χ1v) is 9.96. The van der Waals surface area contributed by atoms with Crippen molar-refractivity contribution < 1.29 is 14.3 Å². The standard InChI is InChI=1S/C22H32N2O3/c1-6-18-15(2)23-20-13-16(7-8-19(18)20)14-24(17-9-11-26-12-10-17)21(25)27-22(3,4)5/h7-8,13,17,23H,6,9-12,14H2,1-5H3. The molecule has 0 bridgehead atoms. The average molecular weight is 373 g/mol. The summed E-state index contributed by atoms with van der Waals surface area (Å²) in [5.41, 5.74) is 4.33. The summed E-state index contributed by atoms with van der Waals surface area (Å²) in [6.07, 6.45) is 2.47. The van der Waals surface area contributed by atoms with Crippen LogP contribution in [0, 0.1) is 6.92 Å². The summed E-state index contributed by atoms with van der Waals surface area (Å²) in [5.74, 6) is 0. The number of ether oxygens (including phenoxy) is 2. The maximum absolute atomic E-state index is 12.9. The van der Waals surface area contributed by atoms with Crippen LogP contribution in [-0.4, -0.2) is 40.8 Å². The molecule has 1 aliphatic heterocycles. The van der Waals surface area contributed by atoms with Gasteiger partial charge < -0.3 is 19.4 Å². The zero-order valence-corrected chi connectivity index (χ0v) is 17.2. The van der Waals surface area contributed by atoms with Gasteiger partial charge in [0.15, 0.2) is 0 Å². The highest BCUT2D eigenvalue weighted by atomic mass is 16.6. The van der Waals surface area contributed by atoms with E-state index in [1.54, 1.807) is 0 Å². The molecule has 1 fully saturated rings. The highest BCUT2D eigenvalue weighted by Crippen LogP contribution is 2.26.